The first kappa shape index (κ1) is 18.5. The Morgan fingerprint density at radius 3 is 2.09 bits per heavy atom. The van der Waals surface area contributed by atoms with Crippen LogP contribution in [0.1, 0.15) is 82.3 Å². The van der Waals surface area contributed by atoms with Gasteiger partial charge in [0.05, 0.1) is 6.21 Å². The van der Waals surface area contributed by atoms with Gasteiger partial charge in [-0.3, -0.25) is 0 Å². The number of rotatable bonds is 12. The summed E-state index contributed by atoms with van der Waals surface area (Å²) in [4.78, 5) is 0. The highest BCUT2D eigenvalue weighted by Crippen LogP contribution is 2.18. The molecule has 0 fully saturated rings. The van der Waals surface area contributed by atoms with Crippen molar-refractivity contribution < 1.29 is 10.3 Å². The summed E-state index contributed by atoms with van der Waals surface area (Å²) >= 11 is 0. The maximum atomic E-state index is 9.61. The summed E-state index contributed by atoms with van der Waals surface area (Å²) < 4.78 is 0. The fraction of sp³-hybridized carbons (Fsp3) is 0.632. The summed E-state index contributed by atoms with van der Waals surface area (Å²) in [5.41, 5.74) is 1.76. The Morgan fingerprint density at radius 2 is 1.50 bits per heavy atom. The van der Waals surface area contributed by atoms with Crippen molar-refractivity contribution in [1.82, 2.24) is 0 Å². The van der Waals surface area contributed by atoms with Crippen LogP contribution in [0, 0.1) is 0 Å². The summed E-state index contributed by atoms with van der Waals surface area (Å²) in [6.07, 6.45) is 15.7. The molecule has 0 saturated heterocycles. The molecule has 0 aliphatic rings. The molecule has 0 amide bonds. The zero-order chi connectivity index (χ0) is 16.0. The van der Waals surface area contributed by atoms with Crippen LogP contribution in [0.15, 0.2) is 23.4 Å². The standard InChI is InChI=1S/C19H31NO2/c1-2-3-4-5-6-7-8-9-10-11-12-17-13-14-19(21)18(15-17)16-20-22/h13-16,21-22H,2-12H2,1H3/b20-16+. The van der Waals surface area contributed by atoms with Crippen LogP contribution in [-0.4, -0.2) is 16.5 Å². The quantitative estimate of drug-likeness (QED) is 0.226. The average Bonchev–Trinajstić information content (AvgIpc) is 2.52. The fourth-order valence-electron chi connectivity index (χ4n) is 2.74. The van der Waals surface area contributed by atoms with Crippen molar-refractivity contribution in [3.63, 3.8) is 0 Å². The van der Waals surface area contributed by atoms with E-state index in [1.807, 2.05) is 12.1 Å². The molecular weight excluding hydrogens is 274 g/mol. The van der Waals surface area contributed by atoms with Crippen LogP contribution in [0.25, 0.3) is 0 Å². The van der Waals surface area contributed by atoms with Crippen LogP contribution in [-0.2, 0) is 6.42 Å². The highest BCUT2D eigenvalue weighted by atomic mass is 16.4. The minimum Gasteiger partial charge on any atom is -0.507 e. The van der Waals surface area contributed by atoms with Crippen LogP contribution in [0.4, 0.5) is 0 Å². The molecule has 0 aliphatic heterocycles. The second-order valence-electron chi connectivity index (χ2n) is 6.07. The van der Waals surface area contributed by atoms with Crippen LogP contribution >= 0.6 is 0 Å². The molecule has 0 radical (unpaired) electrons. The van der Waals surface area contributed by atoms with Gasteiger partial charge in [-0.05, 0) is 30.5 Å². The molecule has 0 saturated carbocycles. The molecule has 124 valence electrons. The van der Waals surface area contributed by atoms with Crippen LogP contribution in [0.5, 0.6) is 5.75 Å². The predicted octanol–water partition coefficient (Wildman–Crippen LogP) is 5.66. The molecule has 1 rings (SSSR count). The summed E-state index contributed by atoms with van der Waals surface area (Å²) in [5, 5.41) is 21.1. The normalized spacial score (nSPS) is 11.3. The van der Waals surface area contributed by atoms with Gasteiger partial charge in [-0.1, -0.05) is 75.9 Å². The number of hydrogen-bond donors (Lipinski definition) is 2. The van der Waals surface area contributed by atoms with Gasteiger partial charge in [0.25, 0.3) is 0 Å². The van der Waals surface area contributed by atoms with Gasteiger partial charge in [-0.2, -0.15) is 0 Å². The molecule has 22 heavy (non-hydrogen) atoms. The highest BCUT2D eigenvalue weighted by Gasteiger charge is 2.01. The molecule has 3 heteroatoms. The number of aromatic hydroxyl groups is 1. The van der Waals surface area contributed by atoms with E-state index in [9.17, 15) is 5.11 Å². The van der Waals surface area contributed by atoms with Gasteiger partial charge in [-0.25, -0.2) is 0 Å². The SMILES string of the molecule is CCCCCCCCCCCCc1ccc(O)c(/C=N/O)c1. The monoisotopic (exact) mass is 305 g/mol. The second kappa shape index (κ2) is 12.1. The van der Waals surface area contributed by atoms with E-state index in [1.165, 1.54) is 76.0 Å². The molecule has 3 nitrogen and oxygen atoms in total. The first-order chi connectivity index (χ1) is 10.8. The summed E-state index contributed by atoms with van der Waals surface area (Å²) in [6, 6.07) is 5.50. The molecule has 0 bridgehead atoms. The Kier molecular flexibility index (Phi) is 10.2. The molecule has 1 aromatic carbocycles. The average molecular weight is 305 g/mol. The second-order valence-corrected chi connectivity index (χ2v) is 6.07. The van der Waals surface area contributed by atoms with Gasteiger partial charge >= 0.3 is 0 Å². The molecular formula is C19H31NO2. The lowest BCUT2D eigenvalue weighted by molar-refractivity contribution is 0.321. The summed E-state index contributed by atoms with van der Waals surface area (Å²) in [7, 11) is 0. The van der Waals surface area contributed by atoms with Gasteiger partial charge in [0.2, 0.25) is 0 Å². The number of aryl methyl sites for hydroxylation is 1. The summed E-state index contributed by atoms with van der Waals surface area (Å²) in [5.74, 6) is 0.157. The van der Waals surface area contributed by atoms with Crippen LogP contribution < -0.4 is 0 Å². The third-order valence-corrected chi connectivity index (χ3v) is 4.11. The van der Waals surface area contributed by atoms with Crippen molar-refractivity contribution in [3.8, 4) is 5.75 Å². The molecule has 2 N–H and O–H groups in total. The first-order valence-electron chi connectivity index (χ1n) is 8.77. The third-order valence-electron chi connectivity index (χ3n) is 4.11. The Labute approximate surface area is 135 Å². The molecule has 0 aliphatic carbocycles. The first-order valence-corrected chi connectivity index (χ1v) is 8.77. The maximum Gasteiger partial charge on any atom is 0.124 e. The number of phenolic OH excluding ortho intramolecular Hbond substituents is 1. The lowest BCUT2D eigenvalue weighted by atomic mass is 10.0. The molecule has 0 unspecified atom stereocenters. The maximum absolute atomic E-state index is 9.61. The van der Waals surface area contributed by atoms with Crippen LogP contribution in [0.2, 0.25) is 0 Å². The van der Waals surface area contributed by atoms with E-state index in [2.05, 4.69) is 12.1 Å². The Bertz CT molecular complexity index is 429. The van der Waals surface area contributed by atoms with E-state index in [0.29, 0.717) is 5.56 Å². The van der Waals surface area contributed by atoms with Gasteiger partial charge < -0.3 is 10.3 Å². The van der Waals surface area contributed by atoms with Gasteiger partial charge in [-0.15, -0.1) is 0 Å². The van der Waals surface area contributed by atoms with E-state index < -0.39 is 0 Å². The number of phenols is 1. The van der Waals surface area contributed by atoms with Gasteiger partial charge in [0.15, 0.2) is 0 Å². The predicted molar refractivity (Wildman–Crippen MR) is 93.0 cm³/mol. The topological polar surface area (TPSA) is 52.8 Å². The number of nitrogens with zero attached hydrogens (tertiary/aromatic N) is 1. The minimum atomic E-state index is 0.157. The minimum absolute atomic E-state index is 0.157. The van der Waals surface area contributed by atoms with Gasteiger partial charge in [0, 0.05) is 5.56 Å². The molecule has 0 aromatic heterocycles. The molecule has 0 heterocycles. The number of hydrogen-bond acceptors (Lipinski definition) is 3. The number of unbranched alkanes of at least 4 members (excludes halogenated alkanes) is 9. The van der Waals surface area contributed by atoms with Crippen molar-refractivity contribution in [2.75, 3.05) is 0 Å². The Balaban J connectivity index is 2.08. The van der Waals surface area contributed by atoms with Crippen molar-refractivity contribution in [2.24, 2.45) is 5.16 Å². The highest BCUT2D eigenvalue weighted by molar-refractivity contribution is 5.83. The summed E-state index contributed by atoms with van der Waals surface area (Å²) in [6.45, 7) is 2.26. The zero-order valence-electron chi connectivity index (χ0n) is 13.9. The largest absolute Gasteiger partial charge is 0.507 e. The van der Waals surface area contributed by atoms with Crippen molar-refractivity contribution in [2.45, 2.75) is 77.6 Å². The molecule has 0 atom stereocenters. The van der Waals surface area contributed by atoms with Crippen molar-refractivity contribution >= 4 is 6.21 Å². The molecule has 0 spiro atoms. The van der Waals surface area contributed by atoms with E-state index in [1.54, 1.807) is 6.07 Å². The smallest absolute Gasteiger partial charge is 0.124 e. The zero-order valence-corrected chi connectivity index (χ0v) is 13.9. The number of benzene rings is 1. The van der Waals surface area contributed by atoms with E-state index in [4.69, 9.17) is 5.21 Å². The third kappa shape index (κ3) is 8.06. The van der Waals surface area contributed by atoms with E-state index in [-0.39, 0.29) is 5.75 Å². The van der Waals surface area contributed by atoms with Gasteiger partial charge in [0.1, 0.15) is 5.75 Å². The fourth-order valence-corrected chi connectivity index (χ4v) is 2.74. The van der Waals surface area contributed by atoms with E-state index in [0.717, 1.165) is 6.42 Å². The Morgan fingerprint density at radius 1 is 0.909 bits per heavy atom. The lowest BCUT2D eigenvalue weighted by Crippen LogP contribution is -1.90. The number of oxime groups is 1. The Hall–Kier alpha value is -1.51. The van der Waals surface area contributed by atoms with Crippen molar-refractivity contribution in [3.05, 3.63) is 29.3 Å². The lowest BCUT2D eigenvalue weighted by Gasteiger charge is -2.05. The van der Waals surface area contributed by atoms with E-state index >= 15 is 0 Å². The molecule has 1 aromatic rings. The van der Waals surface area contributed by atoms with Crippen LogP contribution in [0.3, 0.4) is 0 Å². The van der Waals surface area contributed by atoms with Crippen molar-refractivity contribution in [1.29, 1.82) is 0 Å².